The number of ether oxygens (including phenoxy) is 1. The lowest BCUT2D eigenvalue weighted by molar-refractivity contribution is -0.146. The Kier molecular flexibility index (Phi) is 16.1. The number of hydrogen-bond donors (Lipinski definition) is 2. The van der Waals surface area contributed by atoms with Crippen molar-refractivity contribution in [2.75, 3.05) is 32.8 Å². The molecule has 3 rings (SSSR count). The van der Waals surface area contributed by atoms with Crippen LogP contribution in [0.15, 0.2) is 76.5 Å². The molecule has 2 atom stereocenters. The molecule has 1 aliphatic heterocycles. The molecule has 0 bridgehead atoms. The van der Waals surface area contributed by atoms with Gasteiger partial charge < -0.3 is 15.4 Å². The number of hydrogen-bond acceptors (Lipinski definition) is 8. The number of sulfonamides is 1. The highest BCUT2D eigenvalue weighted by Gasteiger charge is 2.34. The van der Waals surface area contributed by atoms with E-state index in [-0.39, 0.29) is 66.9 Å². The van der Waals surface area contributed by atoms with Gasteiger partial charge in [0.1, 0.15) is 5.60 Å². The molecule has 2 N–H and O–H groups in total. The summed E-state index contributed by atoms with van der Waals surface area (Å²) >= 11 is 1.73. The number of nitrogens with one attached hydrogen (secondary N) is 2. The van der Waals surface area contributed by atoms with E-state index in [9.17, 15) is 27.6 Å². The molecule has 0 saturated carbocycles. The van der Waals surface area contributed by atoms with Crippen molar-refractivity contribution in [1.29, 1.82) is 0 Å². The number of nitrogens with zero attached hydrogens (tertiary/aromatic N) is 2. The zero-order chi connectivity index (χ0) is 39.2. The minimum Gasteiger partial charge on any atom is -0.365 e. The molecular weight excluding hydrogens is 713 g/mol. The Morgan fingerprint density at radius 1 is 1.04 bits per heavy atom. The largest absolute Gasteiger partial charge is 0.365 e. The summed E-state index contributed by atoms with van der Waals surface area (Å²) in [6.45, 7) is 12.2. The summed E-state index contributed by atoms with van der Waals surface area (Å²) in [5.74, 6) is 1.03. The summed E-state index contributed by atoms with van der Waals surface area (Å²) in [7, 11) is -3.96. The minimum absolute atomic E-state index is 0.0206. The Hall–Kier alpha value is -4.22. The van der Waals surface area contributed by atoms with Crippen LogP contribution in [0.5, 0.6) is 0 Å². The van der Waals surface area contributed by atoms with Gasteiger partial charge in [-0.15, -0.1) is 18.2 Å². The first kappa shape index (κ1) is 43.2. The van der Waals surface area contributed by atoms with E-state index in [1.54, 1.807) is 24.8 Å². The van der Waals surface area contributed by atoms with Gasteiger partial charge in [-0.2, -0.15) is 4.31 Å². The Morgan fingerprint density at radius 2 is 1.70 bits per heavy atom. The van der Waals surface area contributed by atoms with Gasteiger partial charge in [0.2, 0.25) is 10.0 Å². The van der Waals surface area contributed by atoms with E-state index in [2.05, 4.69) is 30.4 Å². The number of thioether (sulfide) groups is 1. The molecule has 2 aromatic carbocycles. The predicted molar refractivity (Wildman–Crippen MR) is 209 cm³/mol. The zero-order valence-electron chi connectivity index (χ0n) is 31.5. The van der Waals surface area contributed by atoms with E-state index < -0.39 is 21.2 Å². The summed E-state index contributed by atoms with van der Waals surface area (Å²) in [5, 5.41) is 6.28. The third kappa shape index (κ3) is 12.2. The molecule has 13 heteroatoms. The maximum Gasteiger partial charge on any atom is 0.253 e. The number of imide groups is 1. The maximum atomic E-state index is 13.6. The molecule has 1 aliphatic rings. The molecule has 11 nitrogen and oxygen atoms in total. The first-order valence-corrected chi connectivity index (χ1v) is 20.1. The normalized spacial score (nSPS) is 15.5. The highest BCUT2D eigenvalue weighted by Crippen LogP contribution is 2.28. The molecule has 0 aromatic heterocycles. The second-order valence-electron chi connectivity index (χ2n) is 13.5. The lowest BCUT2D eigenvalue weighted by atomic mass is 9.94. The van der Waals surface area contributed by atoms with Crippen molar-refractivity contribution in [2.24, 2.45) is 0 Å². The van der Waals surface area contributed by atoms with E-state index in [1.165, 1.54) is 40.7 Å². The number of rotatable bonds is 21. The van der Waals surface area contributed by atoms with E-state index >= 15 is 0 Å². The summed E-state index contributed by atoms with van der Waals surface area (Å²) in [4.78, 5) is 52.1. The van der Waals surface area contributed by atoms with E-state index in [4.69, 9.17) is 11.2 Å². The Labute approximate surface area is 319 Å². The average molecular weight is 765 g/mol. The molecule has 286 valence electrons. The quantitative estimate of drug-likeness (QED) is 0.0743. The summed E-state index contributed by atoms with van der Waals surface area (Å²) in [5.41, 5.74) is -0.523. The van der Waals surface area contributed by atoms with Crippen LogP contribution in [0.4, 0.5) is 0 Å². The lowest BCUT2D eigenvalue weighted by Crippen LogP contribution is -2.49. The Bertz CT molecular complexity index is 1800. The fourth-order valence-corrected chi connectivity index (χ4v) is 7.58. The van der Waals surface area contributed by atoms with Crippen LogP contribution < -0.4 is 10.6 Å². The van der Waals surface area contributed by atoms with Crippen LogP contribution in [0, 0.1) is 12.3 Å². The number of carbonyl (C=O) groups is 4. The second kappa shape index (κ2) is 19.7. The molecule has 0 aliphatic carbocycles. The van der Waals surface area contributed by atoms with Crippen molar-refractivity contribution < 1.29 is 32.3 Å². The highest BCUT2D eigenvalue weighted by atomic mass is 32.2. The Morgan fingerprint density at radius 3 is 2.30 bits per heavy atom. The fraction of sp³-hybridized carbons (Fsp3) is 0.450. The van der Waals surface area contributed by atoms with Crippen molar-refractivity contribution in [3.63, 3.8) is 0 Å². The smallest absolute Gasteiger partial charge is 0.253 e. The van der Waals surface area contributed by atoms with Gasteiger partial charge in [-0.1, -0.05) is 64.0 Å². The number of terminal acetylenes is 1. The second-order valence-corrected chi connectivity index (χ2v) is 17.0. The molecule has 0 saturated heterocycles. The summed E-state index contributed by atoms with van der Waals surface area (Å²) in [6, 6.07) is 13.7. The van der Waals surface area contributed by atoms with Crippen LogP contribution in [0.2, 0.25) is 0 Å². The molecule has 0 fully saturated rings. The van der Waals surface area contributed by atoms with Crippen LogP contribution in [0.25, 0.3) is 6.08 Å². The van der Waals surface area contributed by atoms with Gasteiger partial charge in [-0.25, -0.2) is 8.42 Å². The first-order chi connectivity index (χ1) is 25.1. The lowest BCUT2D eigenvalue weighted by Gasteiger charge is -2.33. The average Bonchev–Trinajstić information content (AvgIpc) is 3.45. The highest BCUT2D eigenvalue weighted by molar-refractivity contribution is 8.00. The van der Waals surface area contributed by atoms with Crippen molar-refractivity contribution in [1.82, 2.24) is 19.8 Å². The molecule has 53 heavy (non-hydrogen) atoms. The van der Waals surface area contributed by atoms with Gasteiger partial charge >= 0.3 is 0 Å². The van der Waals surface area contributed by atoms with Crippen LogP contribution in [0.3, 0.4) is 0 Å². The standard InChI is InChI=1S/C40H52N4O7S2/c1-8-26-43(27-13-16-31-15-11-12-17-34(31)52-30(4)5)53(49,50)33-20-18-32(19-21-33)37(47)42-39(6,9-2)24-29-51-40(7,10-3)38(48)41-25-14-28-44-35(45)22-23-36(44)46/h1,11-13,15-23,30H,9-10,14,24-29H2,2-7H3,(H,41,48)(H,42,47)/b16-13+. The van der Waals surface area contributed by atoms with E-state index in [1.807, 2.05) is 51.1 Å². The molecule has 0 spiro atoms. The maximum absolute atomic E-state index is 13.6. The predicted octanol–water partition coefficient (Wildman–Crippen LogP) is 5.43. The number of benzene rings is 2. The van der Waals surface area contributed by atoms with Crippen LogP contribution in [-0.4, -0.2) is 90.4 Å². The topological polar surface area (TPSA) is 142 Å². The van der Waals surface area contributed by atoms with E-state index in [0.717, 1.165) is 15.4 Å². The van der Waals surface area contributed by atoms with Gasteiger partial charge in [0.15, 0.2) is 0 Å². The molecular formula is C40H52N4O7S2. The molecule has 4 amide bonds. The van der Waals surface area contributed by atoms with Gasteiger partial charge in [-0.05, 0) is 75.4 Å². The van der Waals surface area contributed by atoms with Gasteiger partial charge in [-0.3, -0.25) is 24.1 Å². The number of carbonyl (C=O) groups excluding carboxylic acids is 4. The summed E-state index contributed by atoms with van der Waals surface area (Å²) in [6.07, 6.45) is 13.5. The third-order valence-electron chi connectivity index (χ3n) is 9.08. The zero-order valence-corrected chi connectivity index (χ0v) is 33.1. The van der Waals surface area contributed by atoms with Crippen LogP contribution in [0.1, 0.15) is 83.1 Å². The molecule has 0 radical (unpaired) electrons. The third-order valence-corrected chi connectivity index (χ3v) is 12.0. The van der Waals surface area contributed by atoms with Crippen molar-refractivity contribution in [3.8, 4) is 12.3 Å². The number of amides is 4. The first-order valence-electron chi connectivity index (χ1n) is 17.8. The summed E-state index contributed by atoms with van der Waals surface area (Å²) < 4.78 is 34.4. The van der Waals surface area contributed by atoms with Gasteiger partial charge in [0.25, 0.3) is 23.6 Å². The fourth-order valence-electron chi connectivity index (χ4n) is 5.33. The van der Waals surface area contributed by atoms with Crippen molar-refractivity contribution >= 4 is 51.5 Å². The molecule has 2 aromatic rings. The molecule has 1 heterocycles. The van der Waals surface area contributed by atoms with Crippen LogP contribution in [-0.2, 0) is 29.1 Å². The van der Waals surface area contributed by atoms with Crippen LogP contribution >= 0.6 is 11.8 Å². The van der Waals surface area contributed by atoms with Gasteiger partial charge in [0.05, 0.1) is 18.0 Å². The van der Waals surface area contributed by atoms with Crippen molar-refractivity contribution in [2.45, 2.75) is 93.4 Å². The monoisotopic (exact) mass is 764 g/mol. The minimum atomic E-state index is -3.96. The Balaban J connectivity index is 1.57. The molecule has 2 unspecified atom stereocenters. The van der Waals surface area contributed by atoms with Crippen molar-refractivity contribution in [3.05, 3.63) is 77.9 Å². The van der Waals surface area contributed by atoms with E-state index in [0.29, 0.717) is 30.9 Å². The SMILES string of the molecule is C#CCN(C/C=C/c1ccccc1SC(C)C)S(=O)(=O)c1ccc(C(=O)NC(C)(CC)CCOC(C)(CC)C(=O)NCCCN2C(=O)C=CC2=O)cc1. The van der Waals surface area contributed by atoms with Gasteiger partial charge in [0, 0.05) is 53.0 Å².